The van der Waals surface area contributed by atoms with Crippen molar-refractivity contribution in [2.75, 3.05) is 17.1 Å². The molecule has 2 amide bonds. The minimum Gasteiger partial charge on any atom is -0.352 e. The first-order valence-electron chi connectivity index (χ1n) is 10.8. The molecule has 7 nitrogen and oxygen atoms in total. The molecule has 180 valence electrons. The van der Waals surface area contributed by atoms with Gasteiger partial charge in [0.1, 0.15) is 18.4 Å². The molecule has 2 rings (SSSR count). The van der Waals surface area contributed by atoms with Gasteiger partial charge in [0, 0.05) is 12.6 Å². The van der Waals surface area contributed by atoms with E-state index in [1.165, 1.54) is 23.1 Å². The minimum absolute atomic E-state index is 0.0426. The van der Waals surface area contributed by atoms with Gasteiger partial charge < -0.3 is 10.2 Å². The van der Waals surface area contributed by atoms with Crippen LogP contribution in [0.1, 0.15) is 38.3 Å². The molecule has 0 aliphatic heterocycles. The third-order valence-electron chi connectivity index (χ3n) is 5.03. The van der Waals surface area contributed by atoms with Gasteiger partial charge in [0.2, 0.25) is 21.8 Å². The number of hydrogen-bond donors (Lipinski definition) is 1. The molecule has 0 aromatic heterocycles. The smallest absolute Gasteiger partial charge is 0.244 e. The predicted molar refractivity (Wildman–Crippen MR) is 128 cm³/mol. The van der Waals surface area contributed by atoms with E-state index in [2.05, 4.69) is 5.32 Å². The van der Waals surface area contributed by atoms with Crippen molar-refractivity contribution in [2.24, 2.45) is 0 Å². The maximum Gasteiger partial charge on any atom is 0.244 e. The van der Waals surface area contributed by atoms with Crippen LogP contribution in [0, 0.1) is 12.7 Å². The lowest BCUT2D eigenvalue weighted by molar-refractivity contribution is -0.140. The van der Waals surface area contributed by atoms with E-state index in [4.69, 9.17) is 0 Å². The van der Waals surface area contributed by atoms with Gasteiger partial charge in [-0.1, -0.05) is 42.8 Å². The highest BCUT2D eigenvalue weighted by Gasteiger charge is 2.32. The van der Waals surface area contributed by atoms with Gasteiger partial charge in [0.05, 0.1) is 11.9 Å². The number of carbonyl (C=O) groups is 2. The maximum absolute atomic E-state index is 13.8. The van der Waals surface area contributed by atoms with Gasteiger partial charge in [-0.05, 0) is 51.0 Å². The molecule has 2 aromatic carbocycles. The van der Waals surface area contributed by atoms with Gasteiger partial charge in [-0.2, -0.15) is 0 Å². The number of benzene rings is 2. The second-order valence-electron chi connectivity index (χ2n) is 8.35. The number of anilines is 1. The molecule has 1 atom stereocenters. The van der Waals surface area contributed by atoms with Gasteiger partial charge >= 0.3 is 0 Å². The Labute approximate surface area is 195 Å². The topological polar surface area (TPSA) is 86.8 Å². The Morgan fingerprint density at radius 2 is 1.76 bits per heavy atom. The third-order valence-corrected chi connectivity index (χ3v) is 6.17. The highest BCUT2D eigenvalue weighted by molar-refractivity contribution is 7.92. The maximum atomic E-state index is 13.8. The third kappa shape index (κ3) is 7.56. The van der Waals surface area contributed by atoms with E-state index >= 15 is 0 Å². The van der Waals surface area contributed by atoms with Crippen LogP contribution in [0.15, 0.2) is 48.5 Å². The summed E-state index contributed by atoms with van der Waals surface area (Å²) in [4.78, 5) is 27.8. The average molecular weight is 478 g/mol. The minimum atomic E-state index is -3.90. The first-order chi connectivity index (χ1) is 15.4. The molecule has 0 heterocycles. The lowest BCUT2D eigenvalue weighted by atomic mass is 10.1. The Balaban J connectivity index is 2.44. The number of aryl methyl sites for hydroxylation is 1. The Morgan fingerprint density at radius 1 is 1.09 bits per heavy atom. The number of nitrogens with zero attached hydrogens (tertiary/aromatic N) is 2. The Hall–Kier alpha value is -2.94. The summed E-state index contributed by atoms with van der Waals surface area (Å²) < 4.78 is 39.6. The fraction of sp³-hybridized carbons (Fsp3) is 0.417. The van der Waals surface area contributed by atoms with E-state index in [-0.39, 0.29) is 24.2 Å². The molecule has 9 heteroatoms. The molecule has 0 aliphatic rings. The van der Waals surface area contributed by atoms with Crippen LogP contribution in [0.4, 0.5) is 10.1 Å². The fourth-order valence-corrected chi connectivity index (χ4v) is 4.39. The quantitative estimate of drug-likeness (QED) is 0.569. The standard InChI is InChI=1S/C24H32FN3O4S/c1-6-22(24(30)26-17(2)3)27(15-19-10-7-9-18(4)13-19)23(29)16-28(33(5,31)32)21-12-8-11-20(25)14-21/h7-14,17,22H,6,15-16H2,1-5H3,(H,26,30)/t22-/m1/s1. The lowest BCUT2D eigenvalue weighted by Gasteiger charge is -2.33. The van der Waals surface area contributed by atoms with Gasteiger partial charge in [-0.3, -0.25) is 13.9 Å². The molecule has 0 unspecified atom stereocenters. The molecule has 0 bridgehead atoms. The number of carbonyl (C=O) groups excluding carboxylic acids is 2. The highest BCUT2D eigenvalue weighted by atomic mass is 32.2. The van der Waals surface area contributed by atoms with Crippen molar-refractivity contribution >= 4 is 27.5 Å². The molecule has 2 aromatic rings. The molecular formula is C24H32FN3O4S. The van der Waals surface area contributed by atoms with Crippen LogP contribution in [-0.4, -0.2) is 50.0 Å². The second-order valence-corrected chi connectivity index (χ2v) is 10.3. The summed E-state index contributed by atoms with van der Waals surface area (Å²) in [7, 11) is -3.90. The number of amides is 2. The summed E-state index contributed by atoms with van der Waals surface area (Å²) in [5.41, 5.74) is 1.86. The van der Waals surface area contributed by atoms with E-state index in [0.717, 1.165) is 27.8 Å². The molecule has 0 spiro atoms. The molecule has 0 aliphatic carbocycles. The van der Waals surface area contributed by atoms with Crippen molar-refractivity contribution in [1.82, 2.24) is 10.2 Å². The van der Waals surface area contributed by atoms with Crippen LogP contribution in [0.2, 0.25) is 0 Å². The number of rotatable bonds is 10. The van der Waals surface area contributed by atoms with E-state index in [9.17, 15) is 22.4 Å². The molecule has 0 radical (unpaired) electrons. The van der Waals surface area contributed by atoms with Crippen molar-refractivity contribution in [2.45, 2.75) is 52.7 Å². The van der Waals surface area contributed by atoms with E-state index in [1.807, 2.05) is 45.0 Å². The van der Waals surface area contributed by atoms with Crippen LogP contribution < -0.4 is 9.62 Å². The zero-order chi connectivity index (χ0) is 24.8. The van der Waals surface area contributed by atoms with Crippen LogP contribution in [-0.2, 0) is 26.2 Å². The predicted octanol–water partition coefficient (Wildman–Crippen LogP) is 3.23. The van der Waals surface area contributed by atoms with Crippen molar-refractivity contribution < 1.29 is 22.4 Å². The lowest BCUT2D eigenvalue weighted by Crippen LogP contribution is -2.53. The molecule has 1 N–H and O–H groups in total. The summed E-state index contributed by atoms with van der Waals surface area (Å²) in [6.07, 6.45) is 1.30. The largest absolute Gasteiger partial charge is 0.352 e. The summed E-state index contributed by atoms with van der Waals surface area (Å²) in [6.45, 7) is 6.94. The summed E-state index contributed by atoms with van der Waals surface area (Å²) in [5.74, 6) is -1.49. The van der Waals surface area contributed by atoms with Crippen molar-refractivity contribution in [3.05, 3.63) is 65.5 Å². The van der Waals surface area contributed by atoms with Crippen LogP contribution >= 0.6 is 0 Å². The second kappa shape index (κ2) is 11.3. The average Bonchev–Trinajstić information content (AvgIpc) is 2.70. The SMILES string of the molecule is CC[C@H](C(=O)NC(C)C)N(Cc1cccc(C)c1)C(=O)CN(c1cccc(F)c1)S(C)(=O)=O. The number of sulfonamides is 1. The monoisotopic (exact) mass is 477 g/mol. The van der Waals surface area contributed by atoms with Gasteiger partial charge in [0.25, 0.3) is 0 Å². The van der Waals surface area contributed by atoms with Gasteiger partial charge in [0.15, 0.2) is 0 Å². The zero-order valence-corrected chi connectivity index (χ0v) is 20.5. The summed E-state index contributed by atoms with van der Waals surface area (Å²) in [5, 5.41) is 2.83. The van der Waals surface area contributed by atoms with Crippen molar-refractivity contribution in [3.63, 3.8) is 0 Å². The van der Waals surface area contributed by atoms with Crippen molar-refractivity contribution in [1.29, 1.82) is 0 Å². The van der Waals surface area contributed by atoms with Crippen LogP contribution in [0.5, 0.6) is 0 Å². The van der Waals surface area contributed by atoms with Crippen LogP contribution in [0.3, 0.4) is 0 Å². The Morgan fingerprint density at radius 3 is 2.30 bits per heavy atom. The summed E-state index contributed by atoms with van der Waals surface area (Å²) >= 11 is 0. The van der Waals surface area contributed by atoms with Crippen molar-refractivity contribution in [3.8, 4) is 0 Å². The molecule has 0 fully saturated rings. The van der Waals surface area contributed by atoms with Gasteiger partial charge in [-0.15, -0.1) is 0 Å². The highest BCUT2D eigenvalue weighted by Crippen LogP contribution is 2.20. The molecule has 0 saturated heterocycles. The fourth-order valence-electron chi connectivity index (χ4n) is 3.55. The molecule has 0 saturated carbocycles. The Kier molecular flexibility index (Phi) is 8.99. The normalized spacial score (nSPS) is 12.3. The first kappa shape index (κ1) is 26.3. The van der Waals surface area contributed by atoms with E-state index in [1.54, 1.807) is 6.92 Å². The first-order valence-corrected chi connectivity index (χ1v) is 12.7. The number of halogens is 1. The number of nitrogens with one attached hydrogen (secondary N) is 1. The van der Waals surface area contributed by atoms with E-state index < -0.39 is 34.3 Å². The molecular weight excluding hydrogens is 445 g/mol. The zero-order valence-electron chi connectivity index (χ0n) is 19.7. The Bertz CT molecular complexity index is 1090. The van der Waals surface area contributed by atoms with E-state index in [0.29, 0.717) is 6.42 Å². The van der Waals surface area contributed by atoms with Gasteiger partial charge in [-0.25, -0.2) is 12.8 Å². The molecule has 33 heavy (non-hydrogen) atoms. The summed E-state index contributed by atoms with van der Waals surface area (Å²) in [6, 6.07) is 11.7. The number of hydrogen-bond acceptors (Lipinski definition) is 4. The van der Waals surface area contributed by atoms with Crippen LogP contribution in [0.25, 0.3) is 0 Å².